The van der Waals surface area contributed by atoms with Crippen molar-refractivity contribution in [2.24, 2.45) is 5.73 Å². The molecule has 0 aliphatic carbocycles. The molecule has 0 aliphatic rings. The van der Waals surface area contributed by atoms with Crippen molar-refractivity contribution in [3.05, 3.63) is 29.8 Å². The molecular formula is C11H16N2O2S2. The maximum Gasteiger partial charge on any atom is 0.151 e. The number of para-hydroxylation sites is 1. The van der Waals surface area contributed by atoms with Crippen molar-refractivity contribution in [2.45, 2.75) is 6.92 Å². The van der Waals surface area contributed by atoms with Crippen LogP contribution in [0.3, 0.4) is 0 Å². The summed E-state index contributed by atoms with van der Waals surface area (Å²) >= 11 is 4.92. The van der Waals surface area contributed by atoms with Gasteiger partial charge in [0.2, 0.25) is 0 Å². The molecule has 1 aromatic rings. The Balaban J connectivity index is 2.67. The van der Waals surface area contributed by atoms with E-state index in [9.17, 15) is 8.42 Å². The lowest BCUT2D eigenvalue weighted by molar-refractivity contribution is 0.597. The standard InChI is InChI=1S/C11H16N2O2S2/c1-2-17(14,15)8-7-13-10-6-4-3-5-9(10)11(12)16/h3-6,13H,2,7-8H2,1H3,(H2,12,16). The van der Waals surface area contributed by atoms with E-state index >= 15 is 0 Å². The van der Waals surface area contributed by atoms with Gasteiger partial charge in [0.05, 0.1) is 5.75 Å². The highest BCUT2D eigenvalue weighted by Crippen LogP contribution is 2.14. The summed E-state index contributed by atoms with van der Waals surface area (Å²) in [4.78, 5) is 0.298. The molecule has 0 bridgehead atoms. The van der Waals surface area contributed by atoms with Crippen molar-refractivity contribution in [3.63, 3.8) is 0 Å². The molecule has 0 unspecified atom stereocenters. The number of sulfone groups is 1. The summed E-state index contributed by atoms with van der Waals surface area (Å²) < 4.78 is 22.6. The minimum atomic E-state index is -2.95. The lowest BCUT2D eigenvalue weighted by atomic mass is 10.2. The smallest absolute Gasteiger partial charge is 0.151 e. The van der Waals surface area contributed by atoms with E-state index < -0.39 is 9.84 Å². The molecule has 6 heteroatoms. The number of nitrogens with one attached hydrogen (secondary N) is 1. The molecule has 0 fully saturated rings. The fourth-order valence-electron chi connectivity index (χ4n) is 1.34. The van der Waals surface area contributed by atoms with Crippen LogP contribution in [0, 0.1) is 0 Å². The average Bonchev–Trinajstić information content (AvgIpc) is 2.29. The molecule has 0 spiro atoms. The molecule has 1 aromatic carbocycles. The second-order valence-electron chi connectivity index (χ2n) is 3.57. The van der Waals surface area contributed by atoms with Crippen molar-refractivity contribution < 1.29 is 8.42 Å². The van der Waals surface area contributed by atoms with Crippen molar-refractivity contribution in [3.8, 4) is 0 Å². The van der Waals surface area contributed by atoms with Crippen molar-refractivity contribution in [1.29, 1.82) is 0 Å². The molecule has 0 saturated carbocycles. The van der Waals surface area contributed by atoms with E-state index in [1.54, 1.807) is 13.0 Å². The Bertz CT molecular complexity index is 498. The number of nitrogens with two attached hydrogens (primary N) is 1. The molecule has 0 amide bonds. The maximum absolute atomic E-state index is 11.3. The molecule has 0 heterocycles. The second kappa shape index (κ2) is 5.97. The van der Waals surface area contributed by atoms with E-state index in [0.717, 1.165) is 11.3 Å². The summed E-state index contributed by atoms with van der Waals surface area (Å²) in [6.45, 7) is 1.99. The van der Waals surface area contributed by atoms with Crippen LogP contribution in [-0.2, 0) is 9.84 Å². The van der Waals surface area contributed by atoms with Crippen LogP contribution in [0.15, 0.2) is 24.3 Å². The highest BCUT2D eigenvalue weighted by Gasteiger charge is 2.08. The monoisotopic (exact) mass is 272 g/mol. The Hall–Kier alpha value is -1.14. The molecule has 17 heavy (non-hydrogen) atoms. The first-order valence-corrected chi connectivity index (χ1v) is 7.52. The quantitative estimate of drug-likeness (QED) is 0.761. The largest absolute Gasteiger partial charge is 0.389 e. The van der Waals surface area contributed by atoms with Crippen LogP contribution in [0.5, 0.6) is 0 Å². The van der Waals surface area contributed by atoms with Crippen LogP contribution in [0.4, 0.5) is 5.69 Å². The van der Waals surface area contributed by atoms with E-state index in [-0.39, 0.29) is 11.5 Å². The van der Waals surface area contributed by atoms with Crippen LogP contribution < -0.4 is 11.1 Å². The minimum absolute atomic E-state index is 0.106. The van der Waals surface area contributed by atoms with Crippen LogP contribution in [-0.4, -0.2) is 31.5 Å². The molecule has 3 N–H and O–H groups in total. The Labute approximate surface area is 107 Å². The van der Waals surface area contributed by atoms with Gasteiger partial charge in [-0.15, -0.1) is 0 Å². The first-order valence-electron chi connectivity index (χ1n) is 5.29. The maximum atomic E-state index is 11.3. The zero-order valence-corrected chi connectivity index (χ0v) is 11.3. The first kappa shape index (κ1) is 13.9. The molecule has 94 valence electrons. The summed E-state index contributed by atoms with van der Waals surface area (Å²) in [5.74, 6) is 0.265. The van der Waals surface area contributed by atoms with Gasteiger partial charge in [0.15, 0.2) is 9.84 Å². The molecule has 0 aromatic heterocycles. The molecule has 4 nitrogen and oxygen atoms in total. The number of hydrogen-bond acceptors (Lipinski definition) is 4. The van der Waals surface area contributed by atoms with Gasteiger partial charge in [-0.2, -0.15) is 0 Å². The highest BCUT2D eigenvalue weighted by molar-refractivity contribution is 7.91. The van der Waals surface area contributed by atoms with E-state index in [1.807, 2.05) is 18.2 Å². The SMILES string of the molecule is CCS(=O)(=O)CCNc1ccccc1C(N)=S. The molecule has 0 aliphatic heterocycles. The molecule has 0 radical (unpaired) electrons. The second-order valence-corrected chi connectivity index (χ2v) is 6.49. The van der Waals surface area contributed by atoms with Gasteiger partial charge in [-0.3, -0.25) is 0 Å². The Morgan fingerprint density at radius 1 is 1.41 bits per heavy atom. The minimum Gasteiger partial charge on any atom is -0.389 e. The fraction of sp³-hybridized carbons (Fsp3) is 0.364. The molecule has 1 rings (SSSR count). The molecule has 0 saturated heterocycles. The van der Waals surface area contributed by atoms with Gasteiger partial charge < -0.3 is 11.1 Å². The van der Waals surface area contributed by atoms with Gasteiger partial charge in [-0.1, -0.05) is 31.3 Å². The van der Waals surface area contributed by atoms with Gasteiger partial charge >= 0.3 is 0 Å². The number of anilines is 1. The average molecular weight is 272 g/mol. The normalized spacial score (nSPS) is 11.1. The third kappa shape index (κ3) is 4.32. The third-order valence-electron chi connectivity index (χ3n) is 2.36. The van der Waals surface area contributed by atoms with E-state index in [1.165, 1.54) is 0 Å². The number of rotatable bonds is 6. The van der Waals surface area contributed by atoms with Gasteiger partial charge in [0.25, 0.3) is 0 Å². The summed E-state index contributed by atoms with van der Waals surface area (Å²) in [5, 5.41) is 3.04. The zero-order valence-electron chi connectivity index (χ0n) is 9.64. The van der Waals surface area contributed by atoms with Crippen LogP contribution in [0.25, 0.3) is 0 Å². The van der Waals surface area contributed by atoms with Gasteiger partial charge in [0, 0.05) is 23.5 Å². The van der Waals surface area contributed by atoms with E-state index in [2.05, 4.69) is 5.32 Å². The van der Waals surface area contributed by atoms with Crippen LogP contribution in [0.2, 0.25) is 0 Å². The van der Waals surface area contributed by atoms with Crippen molar-refractivity contribution in [2.75, 3.05) is 23.4 Å². The Kier molecular flexibility index (Phi) is 4.89. The fourth-order valence-corrected chi connectivity index (χ4v) is 2.22. The summed E-state index contributed by atoms with van der Waals surface area (Å²) in [5.41, 5.74) is 7.07. The zero-order chi connectivity index (χ0) is 12.9. The highest BCUT2D eigenvalue weighted by atomic mass is 32.2. The van der Waals surface area contributed by atoms with E-state index in [4.69, 9.17) is 18.0 Å². The Morgan fingerprint density at radius 3 is 2.65 bits per heavy atom. The summed E-state index contributed by atoms with van der Waals surface area (Å²) in [6, 6.07) is 7.31. The predicted molar refractivity (Wildman–Crippen MR) is 75.1 cm³/mol. The number of hydrogen-bond donors (Lipinski definition) is 2. The number of benzene rings is 1. The van der Waals surface area contributed by atoms with Gasteiger partial charge in [-0.25, -0.2) is 8.42 Å². The van der Waals surface area contributed by atoms with Crippen molar-refractivity contribution in [1.82, 2.24) is 0 Å². The summed E-state index contributed by atoms with van der Waals surface area (Å²) in [7, 11) is -2.95. The molecule has 0 atom stereocenters. The summed E-state index contributed by atoms with van der Waals surface area (Å²) in [6.07, 6.45) is 0. The Morgan fingerprint density at radius 2 is 2.06 bits per heavy atom. The van der Waals surface area contributed by atoms with E-state index in [0.29, 0.717) is 11.5 Å². The predicted octanol–water partition coefficient (Wildman–Crippen LogP) is 1.17. The molecular weight excluding hydrogens is 256 g/mol. The first-order chi connectivity index (χ1) is 7.96. The van der Waals surface area contributed by atoms with Gasteiger partial charge in [0.1, 0.15) is 4.99 Å². The van der Waals surface area contributed by atoms with Crippen LogP contribution in [0.1, 0.15) is 12.5 Å². The lowest BCUT2D eigenvalue weighted by Gasteiger charge is -2.10. The number of thiocarbonyl (C=S) groups is 1. The van der Waals surface area contributed by atoms with Crippen LogP contribution >= 0.6 is 12.2 Å². The lowest BCUT2D eigenvalue weighted by Crippen LogP contribution is -2.19. The van der Waals surface area contributed by atoms with Gasteiger partial charge in [-0.05, 0) is 12.1 Å². The topological polar surface area (TPSA) is 72.2 Å². The van der Waals surface area contributed by atoms with Crippen molar-refractivity contribution >= 4 is 32.7 Å². The third-order valence-corrected chi connectivity index (χ3v) is 4.29.